The summed E-state index contributed by atoms with van der Waals surface area (Å²) in [6.07, 6.45) is 0. The number of amides is 2. The van der Waals surface area contributed by atoms with Gasteiger partial charge in [-0.15, -0.1) is 0 Å². The van der Waals surface area contributed by atoms with Gasteiger partial charge in [0.1, 0.15) is 5.82 Å². The molecule has 0 spiro atoms. The molecule has 144 valence electrons. The van der Waals surface area contributed by atoms with Crippen molar-refractivity contribution in [2.75, 3.05) is 5.32 Å². The third-order valence-corrected chi connectivity index (χ3v) is 4.29. The molecule has 0 atom stereocenters. The first-order valence-electron chi connectivity index (χ1n) is 9.24. The van der Waals surface area contributed by atoms with Gasteiger partial charge in [-0.3, -0.25) is 9.59 Å². The lowest BCUT2D eigenvalue weighted by atomic mass is 10.1. The van der Waals surface area contributed by atoms with Crippen LogP contribution in [0.5, 0.6) is 0 Å². The zero-order chi connectivity index (χ0) is 20.1. The smallest absolute Gasteiger partial charge is 0.272 e. The number of aromatic nitrogens is 2. The van der Waals surface area contributed by atoms with Crippen LogP contribution in [0.2, 0.25) is 0 Å². The van der Waals surface area contributed by atoms with Gasteiger partial charge in [-0.1, -0.05) is 61.9 Å². The molecule has 0 unspecified atom stereocenters. The van der Waals surface area contributed by atoms with Crippen LogP contribution < -0.4 is 10.6 Å². The van der Waals surface area contributed by atoms with E-state index in [1.54, 1.807) is 10.7 Å². The highest BCUT2D eigenvalue weighted by atomic mass is 16.2. The van der Waals surface area contributed by atoms with Crippen LogP contribution in [-0.4, -0.2) is 21.6 Å². The molecule has 1 aromatic heterocycles. The van der Waals surface area contributed by atoms with Gasteiger partial charge in [-0.2, -0.15) is 5.10 Å². The molecule has 1 heterocycles. The fourth-order valence-electron chi connectivity index (χ4n) is 2.60. The van der Waals surface area contributed by atoms with Crippen LogP contribution in [0.25, 0.3) is 5.69 Å². The largest absolute Gasteiger partial charge is 0.347 e. The maximum Gasteiger partial charge on any atom is 0.272 e. The number of carbonyl (C=O) groups excluding carboxylic acids is 2. The zero-order valence-electron chi connectivity index (χ0n) is 16.3. The van der Waals surface area contributed by atoms with Gasteiger partial charge in [0.25, 0.3) is 5.91 Å². The minimum Gasteiger partial charge on any atom is -0.347 e. The van der Waals surface area contributed by atoms with Gasteiger partial charge < -0.3 is 10.6 Å². The lowest BCUT2D eigenvalue weighted by molar-refractivity contribution is -0.118. The number of hydrogen-bond acceptors (Lipinski definition) is 3. The van der Waals surface area contributed by atoms with Crippen molar-refractivity contribution in [3.8, 4) is 5.69 Å². The molecule has 0 saturated carbocycles. The number of aryl methyl sites for hydroxylation is 1. The SMILES string of the molecule is Cc1ccc(CNC(=O)c2cc(NC(=O)C(C)C)n(-c3ccccc3)n2)cc1. The standard InChI is InChI=1S/C22H24N4O2/c1-15(2)21(27)24-20-13-19(25-26(20)18-7-5-4-6-8-18)22(28)23-14-17-11-9-16(3)10-12-17/h4-13,15H,14H2,1-3H3,(H,23,28)(H,24,27). The fourth-order valence-corrected chi connectivity index (χ4v) is 2.60. The van der Waals surface area contributed by atoms with Crippen molar-refractivity contribution in [2.45, 2.75) is 27.3 Å². The summed E-state index contributed by atoms with van der Waals surface area (Å²) in [6, 6.07) is 18.9. The van der Waals surface area contributed by atoms with Crippen LogP contribution in [0.3, 0.4) is 0 Å². The Morgan fingerprint density at radius 1 is 1.04 bits per heavy atom. The Morgan fingerprint density at radius 3 is 2.36 bits per heavy atom. The average Bonchev–Trinajstić information content (AvgIpc) is 3.11. The summed E-state index contributed by atoms with van der Waals surface area (Å²) in [7, 11) is 0. The number of hydrogen-bond donors (Lipinski definition) is 2. The van der Waals surface area contributed by atoms with E-state index in [9.17, 15) is 9.59 Å². The van der Waals surface area contributed by atoms with Gasteiger partial charge >= 0.3 is 0 Å². The third-order valence-electron chi connectivity index (χ3n) is 4.29. The molecule has 28 heavy (non-hydrogen) atoms. The molecule has 2 amide bonds. The van der Waals surface area contributed by atoms with Crippen molar-refractivity contribution in [1.29, 1.82) is 0 Å². The van der Waals surface area contributed by atoms with Crippen molar-refractivity contribution in [3.05, 3.63) is 77.5 Å². The topological polar surface area (TPSA) is 76.0 Å². The van der Waals surface area contributed by atoms with E-state index in [2.05, 4.69) is 15.7 Å². The highest BCUT2D eigenvalue weighted by Crippen LogP contribution is 2.18. The second-order valence-corrected chi connectivity index (χ2v) is 6.97. The van der Waals surface area contributed by atoms with E-state index in [0.29, 0.717) is 12.4 Å². The van der Waals surface area contributed by atoms with E-state index in [0.717, 1.165) is 11.3 Å². The lowest BCUT2D eigenvalue weighted by Gasteiger charge is -2.10. The van der Waals surface area contributed by atoms with Gasteiger partial charge in [-0.25, -0.2) is 4.68 Å². The zero-order valence-corrected chi connectivity index (χ0v) is 16.3. The van der Waals surface area contributed by atoms with E-state index in [1.165, 1.54) is 5.56 Å². The Labute approximate surface area is 164 Å². The van der Waals surface area contributed by atoms with E-state index >= 15 is 0 Å². The minimum absolute atomic E-state index is 0.135. The molecule has 3 rings (SSSR count). The van der Waals surface area contributed by atoms with E-state index in [-0.39, 0.29) is 23.4 Å². The van der Waals surface area contributed by atoms with Crippen molar-refractivity contribution >= 4 is 17.6 Å². The van der Waals surface area contributed by atoms with Crippen molar-refractivity contribution in [2.24, 2.45) is 5.92 Å². The van der Waals surface area contributed by atoms with Crippen LogP contribution in [0, 0.1) is 12.8 Å². The Balaban J connectivity index is 1.82. The monoisotopic (exact) mass is 376 g/mol. The Morgan fingerprint density at radius 2 is 1.71 bits per heavy atom. The summed E-state index contributed by atoms with van der Waals surface area (Å²) in [5.74, 6) is -0.151. The Bertz CT molecular complexity index is 960. The average molecular weight is 376 g/mol. The number of nitrogens with zero attached hydrogens (tertiary/aromatic N) is 2. The van der Waals surface area contributed by atoms with Crippen LogP contribution >= 0.6 is 0 Å². The first kappa shape index (κ1) is 19.4. The van der Waals surface area contributed by atoms with Crippen molar-refractivity contribution < 1.29 is 9.59 Å². The molecule has 0 aliphatic heterocycles. The molecule has 6 heteroatoms. The quantitative estimate of drug-likeness (QED) is 0.689. The van der Waals surface area contributed by atoms with Gasteiger partial charge in [0.2, 0.25) is 5.91 Å². The molecule has 2 aromatic carbocycles. The summed E-state index contributed by atoms with van der Waals surface area (Å²) in [4.78, 5) is 24.8. The molecule has 0 radical (unpaired) electrons. The summed E-state index contributed by atoms with van der Waals surface area (Å²) in [6.45, 7) is 6.05. The molecule has 0 aliphatic rings. The number of benzene rings is 2. The maximum atomic E-state index is 12.6. The molecule has 6 nitrogen and oxygen atoms in total. The van der Waals surface area contributed by atoms with Crippen molar-refractivity contribution in [3.63, 3.8) is 0 Å². The normalized spacial score (nSPS) is 10.7. The molecule has 0 bridgehead atoms. The Kier molecular flexibility index (Phi) is 5.89. The van der Waals surface area contributed by atoms with Crippen LogP contribution in [0.15, 0.2) is 60.7 Å². The van der Waals surface area contributed by atoms with Gasteiger partial charge in [0.05, 0.1) is 5.69 Å². The van der Waals surface area contributed by atoms with Gasteiger partial charge in [0.15, 0.2) is 5.69 Å². The highest BCUT2D eigenvalue weighted by molar-refractivity contribution is 5.96. The lowest BCUT2D eigenvalue weighted by Crippen LogP contribution is -2.23. The second kappa shape index (κ2) is 8.52. The summed E-state index contributed by atoms with van der Waals surface area (Å²) < 4.78 is 1.57. The number of anilines is 1. The van der Waals surface area contributed by atoms with E-state index in [4.69, 9.17) is 0 Å². The summed E-state index contributed by atoms with van der Waals surface area (Å²) >= 11 is 0. The molecule has 0 saturated heterocycles. The molecular formula is C22H24N4O2. The predicted molar refractivity (Wildman–Crippen MR) is 109 cm³/mol. The molecule has 0 aliphatic carbocycles. The summed E-state index contributed by atoms with van der Waals surface area (Å²) in [5.41, 5.74) is 3.19. The molecular weight excluding hydrogens is 352 g/mol. The van der Waals surface area contributed by atoms with Gasteiger partial charge in [-0.05, 0) is 24.6 Å². The summed E-state index contributed by atoms with van der Waals surface area (Å²) in [5, 5.41) is 10.1. The molecule has 0 fully saturated rings. The number of carbonyl (C=O) groups is 2. The van der Waals surface area contributed by atoms with Crippen molar-refractivity contribution in [1.82, 2.24) is 15.1 Å². The van der Waals surface area contributed by atoms with Gasteiger partial charge in [0, 0.05) is 18.5 Å². The second-order valence-electron chi connectivity index (χ2n) is 6.97. The number of nitrogens with one attached hydrogen (secondary N) is 2. The third kappa shape index (κ3) is 4.65. The minimum atomic E-state index is -0.296. The first-order valence-corrected chi connectivity index (χ1v) is 9.24. The first-order chi connectivity index (χ1) is 13.4. The van der Waals surface area contributed by atoms with Crippen LogP contribution in [-0.2, 0) is 11.3 Å². The van der Waals surface area contributed by atoms with Crippen LogP contribution in [0.4, 0.5) is 5.82 Å². The molecule has 3 aromatic rings. The highest BCUT2D eigenvalue weighted by Gasteiger charge is 2.18. The van der Waals surface area contributed by atoms with E-state index in [1.807, 2.05) is 75.4 Å². The Hall–Kier alpha value is -3.41. The predicted octanol–water partition coefficient (Wildman–Crippen LogP) is 3.71. The van der Waals surface area contributed by atoms with E-state index < -0.39 is 0 Å². The molecule has 2 N–H and O–H groups in total. The van der Waals surface area contributed by atoms with Crippen LogP contribution in [0.1, 0.15) is 35.5 Å². The fraction of sp³-hybridized carbons (Fsp3) is 0.227. The maximum absolute atomic E-state index is 12.6. The number of para-hydroxylation sites is 1. The number of rotatable bonds is 6.